The van der Waals surface area contributed by atoms with Gasteiger partial charge in [-0.3, -0.25) is 14.4 Å². The second kappa shape index (κ2) is 8.81. The Hall–Kier alpha value is -2.67. The molecule has 2 heterocycles. The Labute approximate surface area is 162 Å². The summed E-state index contributed by atoms with van der Waals surface area (Å²) in [7, 11) is 0. The zero-order chi connectivity index (χ0) is 19.2. The SMILES string of the molecule is CC(=O)Oc1cccc(C(=O)N2CCCN(C(=O)Cc3cccs3)CC2)c1. The number of rotatable bonds is 4. The normalized spacial score (nSPS) is 14.6. The van der Waals surface area contributed by atoms with Gasteiger partial charge < -0.3 is 14.5 Å². The van der Waals surface area contributed by atoms with Crippen LogP contribution in [-0.2, 0) is 16.0 Å². The fraction of sp³-hybridized carbons (Fsp3) is 0.350. The van der Waals surface area contributed by atoms with Crippen LogP contribution in [0.25, 0.3) is 0 Å². The van der Waals surface area contributed by atoms with E-state index < -0.39 is 5.97 Å². The molecule has 0 bridgehead atoms. The van der Waals surface area contributed by atoms with Gasteiger partial charge in [0.1, 0.15) is 5.75 Å². The Morgan fingerprint density at radius 1 is 1.04 bits per heavy atom. The van der Waals surface area contributed by atoms with Gasteiger partial charge in [-0.1, -0.05) is 12.1 Å². The Kier molecular flexibility index (Phi) is 6.24. The van der Waals surface area contributed by atoms with Gasteiger partial charge in [-0.05, 0) is 36.1 Å². The number of hydrogen-bond donors (Lipinski definition) is 0. The van der Waals surface area contributed by atoms with Crippen LogP contribution in [0.15, 0.2) is 41.8 Å². The highest BCUT2D eigenvalue weighted by atomic mass is 32.1. The van der Waals surface area contributed by atoms with E-state index in [1.54, 1.807) is 40.5 Å². The Morgan fingerprint density at radius 3 is 2.56 bits per heavy atom. The van der Waals surface area contributed by atoms with Gasteiger partial charge in [0.05, 0.1) is 6.42 Å². The minimum atomic E-state index is -0.422. The molecule has 7 heteroatoms. The predicted octanol–water partition coefficient (Wildman–Crippen LogP) is 2.59. The first-order valence-corrected chi connectivity index (χ1v) is 9.79. The van der Waals surface area contributed by atoms with Crippen LogP contribution >= 0.6 is 11.3 Å². The Morgan fingerprint density at radius 2 is 1.81 bits per heavy atom. The third-order valence-corrected chi connectivity index (χ3v) is 5.26. The molecule has 2 amide bonds. The molecule has 0 atom stereocenters. The molecule has 1 aromatic carbocycles. The molecular formula is C20H22N2O4S. The van der Waals surface area contributed by atoms with E-state index in [1.165, 1.54) is 6.92 Å². The molecule has 0 N–H and O–H groups in total. The Bertz CT molecular complexity index is 819. The van der Waals surface area contributed by atoms with Gasteiger partial charge in [-0.25, -0.2) is 0 Å². The number of hydrogen-bond acceptors (Lipinski definition) is 5. The van der Waals surface area contributed by atoms with Gasteiger partial charge in [0.2, 0.25) is 5.91 Å². The average molecular weight is 386 g/mol. The van der Waals surface area contributed by atoms with Crippen molar-refractivity contribution in [2.24, 2.45) is 0 Å². The van der Waals surface area contributed by atoms with Crippen LogP contribution in [-0.4, -0.2) is 53.8 Å². The average Bonchev–Trinajstić information content (AvgIpc) is 3.02. The summed E-state index contributed by atoms with van der Waals surface area (Å²) in [5.74, 6) is -0.0784. The first-order valence-electron chi connectivity index (χ1n) is 8.91. The fourth-order valence-electron chi connectivity index (χ4n) is 3.09. The molecule has 3 rings (SSSR count). The third-order valence-electron chi connectivity index (χ3n) is 4.38. The first-order chi connectivity index (χ1) is 13.0. The van der Waals surface area contributed by atoms with Crippen molar-refractivity contribution >= 4 is 29.1 Å². The predicted molar refractivity (Wildman–Crippen MR) is 103 cm³/mol. The van der Waals surface area contributed by atoms with E-state index in [9.17, 15) is 14.4 Å². The number of carbonyl (C=O) groups excluding carboxylic acids is 3. The molecule has 1 aliphatic rings. The van der Waals surface area contributed by atoms with Crippen LogP contribution in [0.1, 0.15) is 28.6 Å². The molecule has 6 nitrogen and oxygen atoms in total. The maximum absolute atomic E-state index is 12.8. The van der Waals surface area contributed by atoms with Gasteiger partial charge in [0.15, 0.2) is 0 Å². The molecule has 1 saturated heterocycles. The lowest BCUT2D eigenvalue weighted by Gasteiger charge is -2.22. The number of esters is 1. The standard InChI is InChI=1S/C20H22N2O4S/c1-15(23)26-17-6-2-5-16(13-17)20(25)22-9-4-8-21(10-11-22)19(24)14-18-7-3-12-27-18/h2-3,5-7,12-13H,4,8-11,14H2,1H3. The van der Waals surface area contributed by atoms with E-state index >= 15 is 0 Å². The number of amides is 2. The van der Waals surface area contributed by atoms with Gasteiger partial charge in [-0.2, -0.15) is 0 Å². The number of carbonyl (C=O) groups is 3. The largest absolute Gasteiger partial charge is 0.427 e. The van der Waals surface area contributed by atoms with Crippen LogP contribution in [0.4, 0.5) is 0 Å². The zero-order valence-corrected chi connectivity index (χ0v) is 16.0. The number of ether oxygens (including phenoxy) is 1. The quantitative estimate of drug-likeness (QED) is 0.598. The van der Waals surface area contributed by atoms with Crippen LogP contribution in [0.2, 0.25) is 0 Å². The first kappa shape index (κ1) is 19.1. The summed E-state index contributed by atoms with van der Waals surface area (Å²) in [5, 5.41) is 1.97. The smallest absolute Gasteiger partial charge is 0.308 e. The van der Waals surface area contributed by atoms with Crippen molar-refractivity contribution in [3.05, 3.63) is 52.2 Å². The summed E-state index contributed by atoms with van der Waals surface area (Å²) in [6.07, 6.45) is 1.15. The van der Waals surface area contributed by atoms with E-state index in [1.807, 2.05) is 22.4 Å². The van der Waals surface area contributed by atoms with E-state index in [0.717, 1.165) is 11.3 Å². The number of benzene rings is 1. The lowest BCUT2D eigenvalue weighted by Crippen LogP contribution is -2.37. The molecule has 2 aromatic rings. The van der Waals surface area contributed by atoms with Crippen LogP contribution < -0.4 is 4.74 Å². The second-order valence-electron chi connectivity index (χ2n) is 6.40. The molecule has 0 unspecified atom stereocenters. The zero-order valence-electron chi connectivity index (χ0n) is 15.2. The third kappa shape index (κ3) is 5.17. The van der Waals surface area contributed by atoms with Crippen LogP contribution in [0.3, 0.4) is 0 Å². The van der Waals surface area contributed by atoms with Gasteiger partial charge in [-0.15, -0.1) is 11.3 Å². The molecule has 1 aliphatic heterocycles. The van der Waals surface area contributed by atoms with E-state index in [4.69, 9.17) is 4.74 Å². The van der Waals surface area contributed by atoms with Crippen molar-refractivity contribution in [2.45, 2.75) is 19.8 Å². The maximum atomic E-state index is 12.8. The number of nitrogens with zero attached hydrogens (tertiary/aromatic N) is 2. The fourth-order valence-corrected chi connectivity index (χ4v) is 3.78. The lowest BCUT2D eigenvalue weighted by molar-refractivity contribution is -0.132. The highest BCUT2D eigenvalue weighted by Crippen LogP contribution is 2.17. The topological polar surface area (TPSA) is 66.9 Å². The number of thiophene rings is 1. The lowest BCUT2D eigenvalue weighted by atomic mass is 10.2. The molecule has 142 valence electrons. The molecule has 1 aromatic heterocycles. The molecule has 1 fully saturated rings. The Balaban J connectivity index is 1.61. The summed E-state index contributed by atoms with van der Waals surface area (Å²) >= 11 is 1.58. The van der Waals surface area contributed by atoms with Crippen molar-refractivity contribution < 1.29 is 19.1 Å². The van der Waals surface area contributed by atoms with E-state index in [-0.39, 0.29) is 11.8 Å². The highest BCUT2D eigenvalue weighted by Gasteiger charge is 2.23. The molecule has 0 spiro atoms. The minimum absolute atomic E-state index is 0.101. The van der Waals surface area contributed by atoms with E-state index in [2.05, 4.69) is 0 Å². The summed E-state index contributed by atoms with van der Waals surface area (Å²) in [6.45, 7) is 3.60. The van der Waals surface area contributed by atoms with Crippen molar-refractivity contribution in [1.29, 1.82) is 0 Å². The van der Waals surface area contributed by atoms with Gasteiger partial charge >= 0.3 is 5.97 Å². The van der Waals surface area contributed by atoms with Crippen molar-refractivity contribution in [3.63, 3.8) is 0 Å². The molecule has 0 aliphatic carbocycles. The minimum Gasteiger partial charge on any atom is -0.427 e. The highest BCUT2D eigenvalue weighted by molar-refractivity contribution is 7.10. The summed E-state index contributed by atoms with van der Waals surface area (Å²) in [6, 6.07) is 10.5. The van der Waals surface area contributed by atoms with Crippen LogP contribution in [0.5, 0.6) is 5.75 Å². The van der Waals surface area contributed by atoms with E-state index in [0.29, 0.717) is 43.9 Å². The molecular weight excluding hydrogens is 364 g/mol. The molecule has 0 radical (unpaired) electrons. The molecule has 0 saturated carbocycles. The summed E-state index contributed by atoms with van der Waals surface area (Å²) in [4.78, 5) is 41.0. The monoisotopic (exact) mass is 386 g/mol. The van der Waals surface area contributed by atoms with Crippen LogP contribution in [0, 0.1) is 0 Å². The maximum Gasteiger partial charge on any atom is 0.308 e. The summed E-state index contributed by atoms with van der Waals surface area (Å²) in [5.41, 5.74) is 0.479. The van der Waals surface area contributed by atoms with Gasteiger partial charge in [0, 0.05) is 43.5 Å². The van der Waals surface area contributed by atoms with Crippen molar-refractivity contribution in [1.82, 2.24) is 9.80 Å². The van der Waals surface area contributed by atoms with Gasteiger partial charge in [0.25, 0.3) is 5.91 Å². The van der Waals surface area contributed by atoms with Crippen molar-refractivity contribution in [2.75, 3.05) is 26.2 Å². The summed E-state index contributed by atoms with van der Waals surface area (Å²) < 4.78 is 5.05. The second-order valence-corrected chi connectivity index (χ2v) is 7.44. The molecule has 27 heavy (non-hydrogen) atoms. The van der Waals surface area contributed by atoms with Crippen molar-refractivity contribution in [3.8, 4) is 5.75 Å².